The van der Waals surface area contributed by atoms with Crippen molar-refractivity contribution in [1.82, 2.24) is 25.5 Å². The van der Waals surface area contributed by atoms with E-state index < -0.39 is 0 Å². The molecule has 3 aromatic rings. The summed E-state index contributed by atoms with van der Waals surface area (Å²) < 4.78 is 0. The molecule has 1 N–H and O–H groups in total. The van der Waals surface area contributed by atoms with Gasteiger partial charge >= 0.3 is 0 Å². The van der Waals surface area contributed by atoms with Crippen molar-refractivity contribution in [2.75, 3.05) is 31.6 Å². The fourth-order valence-corrected chi connectivity index (χ4v) is 3.67. The van der Waals surface area contributed by atoms with Crippen molar-refractivity contribution in [3.8, 4) is 11.4 Å². The Morgan fingerprint density at radius 2 is 1.96 bits per heavy atom. The summed E-state index contributed by atoms with van der Waals surface area (Å²) in [6.07, 6.45) is 1.08. The standard InChI is InChI=1S/C20H22N6O/c1-25(13-15-11-12-26(14-15)16-7-3-2-4-8-16)20(27)18-10-6-5-9-17(18)19-21-23-24-22-19/h2-10,15H,11-14H2,1H3,(H,21,22,23,24)/t15-/m0/s1. The predicted molar refractivity (Wildman–Crippen MR) is 103 cm³/mol. The van der Waals surface area contributed by atoms with Gasteiger partial charge in [0.1, 0.15) is 0 Å². The van der Waals surface area contributed by atoms with Crippen molar-refractivity contribution in [3.05, 3.63) is 60.2 Å². The summed E-state index contributed by atoms with van der Waals surface area (Å²) in [7, 11) is 1.86. The van der Waals surface area contributed by atoms with Crippen LogP contribution in [0.2, 0.25) is 0 Å². The van der Waals surface area contributed by atoms with Gasteiger partial charge in [0, 0.05) is 37.9 Å². The van der Waals surface area contributed by atoms with Crippen LogP contribution in [0.1, 0.15) is 16.8 Å². The Bertz CT molecular complexity index is 896. The van der Waals surface area contributed by atoms with E-state index in [2.05, 4.69) is 49.8 Å². The first-order valence-electron chi connectivity index (χ1n) is 9.10. The van der Waals surface area contributed by atoms with Gasteiger partial charge in [-0.05, 0) is 35.8 Å². The lowest BCUT2D eigenvalue weighted by atomic mass is 10.0. The molecule has 138 valence electrons. The van der Waals surface area contributed by atoms with Gasteiger partial charge in [0.2, 0.25) is 5.82 Å². The van der Waals surface area contributed by atoms with Crippen molar-refractivity contribution in [3.63, 3.8) is 0 Å². The number of hydrogen-bond acceptors (Lipinski definition) is 5. The lowest BCUT2D eigenvalue weighted by molar-refractivity contribution is 0.0777. The van der Waals surface area contributed by atoms with E-state index in [-0.39, 0.29) is 5.91 Å². The molecule has 1 saturated heterocycles. The molecule has 1 aliphatic heterocycles. The highest BCUT2D eigenvalue weighted by atomic mass is 16.2. The van der Waals surface area contributed by atoms with Crippen LogP contribution in [0.3, 0.4) is 0 Å². The zero-order valence-electron chi connectivity index (χ0n) is 15.2. The van der Waals surface area contributed by atoms with Gasteiger partial charge < -0.3 is 9.80 Å². The molecule has 2 heterocycles. The van der Waals surface area contributed by atoms with Crippen LogP contribution < -0.4 is 4.90 Å². The molecule has 4 rings (SSSR count). The SMILES string of the molecule is CN(C[C@@H]1CCN(c2ccccc2)C1)C(=O)c1ccccc1-c1nn[nH]n1. The quantitative estimate of drug-likeness (QED) is 0.754. The topological polar surface area (TPSA) is 78.0 Å². The Kier molecular flexibility index (Phi) is 4.82. The molecule has 27 heavy (non-hydrogen) atoms. The second-order valence-corrected chi connectivity index (χ2v) is 6.90. The summed E-state index contributed by atoms with van der Waals surface area (Å²) in [5, 5.41) is 14.1. The molecule has 1 fully saturated rings. The molecule has 0 spiro atoms. The summed E-state index contributed by atoms with van der Waals surface area (Å²) in [5.74, 6) is 0.869. The second-order valence-electron chi connectivity index (χ2n) is 6.90. The number of H-pyrrole nitrogens is 1. The maximum atomic E-state index is 13.0. The molecular formula is C20H22N6O. The third-order valence-electron chi connectivity index (χ3n) is 5.03. The van der Waals surface area contributed by atoms with Gasteiger partial charge in [0.25, 0.3) is 5.91 Å². The number of rotatable bonds is 5. The number of aromatic nitrogens is 4. The van der Waals surface area contributed by atoms with Gasteiger partial charge in [-0.25, -0.2) is 0 Å². The van der Waals surface area contributed by atoms with Crippen molar-refractivity contribution >= 4 is 11.6 Å². The molecule has 0 aliphatic carbocycles. The number of benzene rings is 2. The van der Waals surface area contributed by atoms with E-state index in [4.69, 9.17) is 0 Å². The molecule has 2 aromatic carbocycles. The summed E-state index contributed by atoms with van der Waals surface area (Å²) >= 11 is 0. The van der Waals surface area contributed by atoms with E-state index in [1.54, 1.807) is 4.90 Å². The Morgan fingerprint density at radius 1 is 1.19 bits per heavy atom. The van der Waals surface area contributed by atoms with Crippen molar-refractivity contribution in [1.29, 1.82) is 0 Å². The van der Waals surface area contributed by atoms with Crippen LogP contribution in [0.4, 0.5) is 5.69 Å². The molecule has 1 aliphatic rings. The van der Waals surface area contributed by atoms with Crippen LogP contribution >= 0.6 is 0 Å². The molecule has 7 nitrogen and oxygen atoms in total. The molecular weight excluding hydrogens is 340 g/mol. The fourth-order valence-electron chi connectivity index (χ4n) is 3.67. The summed E-state index contributed by atoms with van der Waals surface area (Å²) in [6.45, 7) is 2.72. The Morgan fingerprint density at radius 3 is 2.74 bits per heavy atom. The molecule has 0 unspecified atom stereocenters. The van der Waals surface area contributed by atoms with E-state index >= 15 is 0 Å². The Balaban J connectivity index is 1.44. The number of carbonyl (C=O) groups excluding carboxylic acids is 1. The smallest absolute Gasteiger partial charge is 0.254 e. The maximum absolute atomic E-state index is 13.0. The highest BCUT2D eigenvalue weighted by Crippen LogP contribution is 2.25. The first-order chi connectivity index (χ1) is 13.2. The monoisotopic (exact) mass is 362 g/mol. The van der Waals surface area contributed by atoms with E-state index in [9.17, 15) is 4.79 Å². The first-order valence-corrected chi connectivity index (χ1v) is 9.10. The lowest BCUT2D eigenvalue weighted by Gasteiger charge is -2.23. The van der Waals surface area contributed by atoms with E-state index in [0.717, 1.165) is 26.1 Å². The van der Waals surface area contributed by atoms with Crippen molar-refractivity contribution in [2.24, 2.45) is 5.92 Å². The maximum Gasteiger partial charge on any atom is 0.254 e. The summed E-state index contributed by atoms with van der Waals surface area (Å²) in [4.78, 5) is 17.2. The normalized spacial score (nSPS) is 16.5. The number of tetrazole rings is 1. The van der Waals surface area contributed by atoms with Crippen molar-refractivity contribution < 1.29 is 4.79 Å². The van der Waals surface area contributed by atoms with Gasteiger partial charge in [-0.3, -0.25) is 4.79 Å². The minimum absolute atomic E-state index is 0.0199. The molecule has 0 radical (unpaired) electrons. The largest absolute Gasteiger partial charge is 0.371 e. The molecule has 1 amide bonds. The highest BCUT2D eigenvalue weighted by molar-refractivity contribution is 5.99. The number of para-hydroxylation sites is 1. The van der Waals surface area contributed by atoms with Gasteiger partial charge in [0.15, 0.2) is 0 Å². The second kappa shape index (κ2) is 7.57. The lowest BCUT2D eigenvalue weighted by Crippen LogP contribution is -2.33. The van der Waals surface area contributed by atoms with Crippen LogP contribution in [-0.2, 0) is 0 Å². The molecule has 1 aromatic heterocycles. The fraction of sp³-hybridized carbons (Fsp3) is 0.300. The number of nitrogens with zero attached hydrogens (tertiary/aromatic N) is 5. The molecule has 1 atom stereocenters. The number of nitrogens with one attached hydrogen (secondary N) is 1. The molecule has 7 heteroatoms. The van der Waals surface area contributed by atoms with E-state index in [1.807, 2.05) is 37.4 Å². The number of amides is 1. The van der Waals surface area contributed by atoms with Crippen LogP contribution in [0.15, 0.2) is 54.6 Å². The van der Waals surface area contributed by atoms with Crippen LogP contribution in [0.5, 0.6) is 0 Å². The zero-order chi connectivity index (χ0) is 18.6. The number of hydrogen-bond donors (Lipinski definition) is 1. The summed E-state index contributed by atoms with van der Waals surface area (Å²) in [6, 6.07) is 17.8. The van der Waals surface area contributed by atoms with Crippen LogP contribution in [0, 0.1) is 5.92 Å². The van der Waals surface area contributed by atoms with Gasteiger partial charge in [-0.2, -0.15) is 5.21 Å². The van der Waals surface area contributed by atoms with Gasteiger partial charge in [0.05, 0.1) is 5.56 Å². The molecule has 0 saturated carbocycles. The zero-order valence-corrected chi connectivity index (χ0v) is 15.2. The predicted octanol–water partition coefficient (Wildman–Crippen LogP) is 2.47. The van der Waals surface area contributed by atoms with Crippen LogP contribution in [-0.4, -0.2) is 58.1 Å². The number of carbonyl (C=O) groups is 1. The first kappa shape index (κ1) is 17.2. The van der Waals surface area contributed by atoms with Gasteiger partial charge in [-0.1, -0.05) is 36.4 Å². The average molecular weight is 362 g/mol. The van der Waals surface area contributed by atoms with E-state index in [1.165, 1.54) is 5.69 Å². The molecule has 0 bridgehead atoms. The van der Waals surface area contributed by atoms with Gasteiger partial charge in [-0.15, -0.1) is 10.2 Å². The third-order valence-corrected chi connectivity index (χ3v) is 5.03. The van der Waals surface area contributed by atoms with Crippen molar-refractivity contribution in [2.45, 2.75) is 6.42 Å². The van der Waals surface area contributed by atoms with Crippen LogP contribution in [0.25, 0.3) is 11.4 Å². The third kappa shape index (κ3) is 3.67. The number of aromatic amines is 1. The summed E-state index contributed by atoms with van der Waals surface area (Å²) in [5.41, 5.74) is 2.54. The Hall–Kier alpha value is -3.22. The van der Waals surface area contributed by atoms with E-state index in [0.29, 0.717) is 22.9 Å². The minimum atomic E-state index is -0.0199. The number of anilines is 1. The highest BCUT2D eigenvalue weighted by Gasteiger charge is 2.26. The minimum Gasteiger partial charge on any atom is -0.371 e. The average Bonchev–Trinajstić information content (AvgIpc) is 3.40. The Labute approximate surface area is 158 Å².